The van der Waals surface area contributed by atoms with E-state index in [1.165, 1.54) is 18.2 Å². The maximum absolute atomic E-state index is 13.1. The Hall–Kier alpha value is -1.13. The zero-order valence-corrected chi connectivity index (χ0v) is 10.1. The second-order valence-corrected chi connectivity index (χ2v) is 4.72. The normalized spacial score (nSPS) is 20.1. The number of benzene rings is 1. The van der Waals surface area contributed by atoms with E-state index in [9.17, 15) is 9.18 Å². The van der Waals surface area contributed by atoms with Crippen LogP contribution in [0.2, 0.25) is 5.02 Å². The van der Waals surface area contributed by atoms with Crippen LogP contribution < -0.4 is 5.73 Å². The van der Waals surface area contributed by atoms with Gasteiger partial charge in [-0.3, -0.25) is 4.79 Å². The molecule has 5 heteroatoms. The lowest BCUT2D eigenvalue weighted by molar-refractivity contribution is -0.128. The Morgan fingerprint density at radius 3 is 2.94 bits per heavy atom. The van der Waals surface area contributed by atoms with Crippen LogP contribution in [-0.2, 0) is 11.3 Å². The van der Waals surface area contributed by atoms with Gasteiger partial charge in [0.25, 0.3) is 0 Å². The van der Waals surface area contributed by atoms with Crippen LogP contribution in [0.5, 0.6) is 0 Å². The van der Waals surface area contributed by atoms with Gasteiger partial charge in [-0.1, -0.05) is 11.6 Å². The van der Waals surface area contributed by atoms with Crippen LogP contribution in [0.15, 0.2) is 18.2 Å². The van der Waals surface area contributed by atoms with Gasteiger partial charge in [-0.15, -0.1) is 0 Å². The first-order valence-corrected chi connectivity index (χ1v) is 5.89. The molecule has 0 radical (unpaired) electrons. The van der Waals surface area contributed by atoms with E-state index >= 15 is 0 Å². The number of halogens is 2. The molecule has 1 unspecified atom stereocenters. The number of carbonyl (C=O) groups is 1. The minimum absolute atomic E-state index is 0.0563. The highest BCUT2D eigenvalue weighted by Gasteiger charge is 2.28. The highest BCUT2D eigenvalue weighted by Crippen LogP contribution is 2.23. The van der Waals surface area contributed by atoms with Crippen molar-refractivity contribution in [2.24, 2.45) is 11.7 Å². The van der Waals surface area contributed by atoms with E-state index in [1.54, 1.807) is 4.90 Å². The van der Waals surface area contributed by atoms with Crippen molar-refractivity contribution in [3.8, 4) is 0 Å². The third-order valence-corrected chi connectivity index (χ3v) is 3.37. The number of nitrogens with two attached hydrogens (primary N) is 1. The molecule has 3 nitrogen and oxygen atoms in total. The molecule has 0 saturated carbocycles. The van der Waals surface area contributed by atoms with Gasteiger partial charge in [0.05, 0.1) is 0 Å². The lowest BCUT2D eigenvalue weighted by Crippen LogP contribution is -2.25. The van der Waals surface area contributed by atoms with Crippen LogP contribution in [-0.4, -0.2) is 23.9 Å². The first kappa shape index (κ1) is 12.3. The van der Waals surface area contributed by atoms with Crippen LogP contribution in [0.3, 0.4) is 0 Å². The Bertz CT molecular complexity index is 439. The first-order chi connectivity index (χ1) is 8.10. The van der Waals surface area contributed by atoms with Gasteiger partial charge in [0.2, 0.25) is 5.91 Å². The number of likely N-dealkylation sites (tertiary alicyclic amines) is 1. The van der Waals surface area contributed by atoms with Crippen molar-refractivity contribution in [3.05, 3.63) is 34.6 Å². The lowest BCUT2D eigenvalue weighted by Gasteiger charge is -2.17. The van der Waals surface area contributed by atoms with Crippen molar-refractivity contribution in [2.75, 3.05) is 13.1 Å². The zero-order chi connectivity index (χ0) is 12.4. The molecular weight excluding hydrogens is 243 g/mol. The van der Waals surface area contributed by atoms with E-state index in [4.69, 9.17) is 17.3 Å². The third-order valence-electron chi connectivity index (χ3n) is 3.00. The number of hydrogen-bond donors (Lipinski definition) is 1. The minimum atomic E-state index is -0.341. The summed E-state index contributed by atoms with van der Waals surface area (Å²) in [5.41, 5.74) is 6.18. The summed E-state index contributed by atoms with van der Waals surface area (Å²) < 4.78 is 13.1. The van der Waals surface area contributed by atoms with Crippen molar-refractivity contribution >= 4 is 17.5 Å². The molecule has 0 aromatic heterocycles. The van der Waals surface area contributed by atoms with Crippen molar-refractivity contribution in [2.45, 2.75) is 13.0 Å². The highest BCUT2D eigenvalue weighted by molar-refractivity contribution is 6.31. The Balaban J connectivity index is 2.11. The van der Waals surface area contributed by atoms with E-state index in [2.05, 4.69) is 0 Å². The van der Waals surface area contributed by atoms with E-state index in [-0.39, 0.29) is 17.6 Å². The second kappa shape index (κ2) is 5.02. The molecule has 0 aliphatic carbocycles. The van der Waals surface area contributed by atoms with Gasteiger partial charge in [0.15, 0.2) is 0 Å². The number of amides is 1. The molecule has 92 valence electrons. The summed E-state index contributed by atoms with van der Waals surface area (Å²) >= 11 is 5.96. The quantitative estimate of drug-likeness (QED) is 0.896. The summed E-state index contributed by atoms with van der Waals surface area (Å²) in [5.74, 6) is -0.0815. The van der Waals surface area contributed by atoms with Crippen LogP contribution in [0.25, 0.3) is 0 Å². The summed E-state index contributed by atoms with van der Waals surface area (Å²) in [6, 6.07) is 4.18. The molecule has 1 atom stereocenters. The summed E-state index contributed by atoms with van der Waals surface area (Å²) in [6.07, 6.45) is 0.476. The second-order valence-electron chi connectivity index (χ2n) is 4.32. The largest absolute Gasteiger partial charge is 0.338 e. The molecule has 0 bridgehead atoms. The van der Waals surface area contributed by atoms with Gasteiger partial charge < -0.3 is 10.6 Å². The van der Waals surface area contributed by atoms with Gasteiger partial charge in [-0.25, -0.2) is 4.39 Å². The van der Waals surface area contributed by atoms with Crippen LogP contribution in [0.1, 0.15) is 12.0 Å². The van der Waals surface area contributed by atoms with E-state index in [1.807, 2.05) is 0 Å². The molecule has 2 rings (SSSR count). The molecular formula is C12H14ClFN2O. The van der Waals surface area contributed by atoms with Gasteiger partial charge in [-0.2, -0.15) is 0 Å². The lowest BCUT2D eigenvalue weighted by atomic mass is 10.1. The topological polar surface area (TPSA) is 46.3 Å². The van der Waals surface area contributed by atoms with E-state index in [0.29, 0.717) is 36.6 Å². The van der Waals surface area contributed by atoms with E-state index < -0.39 is 0 Å². The first-order valence-electron chi connectivity index (χ1n) is 5.52. The predicted molar refractivity (Wildman–Crippen MR) is 64.0 cm³/mol. The van der Waals surface area contributed by atoms with Crippen LogP contribution in [0.4, 0.5) is 4.39 Å². The average molecular weight is 257 g/mol. The fourth-order valence-electron chi connectivity index (χ4n) is 2.03. The molecule has 1 aliphatic heterocycles. The van der Waals surface area contributed by atoms with Crippen LogP contribution >= 0.6 is 11.6 Å². The van der Waals surface area contributed by atoms with Gasteiger partial charge >= 0.3 is 0 Å². The molecule has 17 heavy (non-hydrogen) atoms. The standard InChI is InChI=1S/C12H14ClFN2O/c13-11-2-1-10(14)4-9(11)7-16-6-8(5-15)3-12(16)17/h1-2,4,8H,3,5-7,15H2. The molecule has 1 heterocycles. The van der Waals surface area contributed by atoms with Gasteiger partial charge in [-0.05, 0) is 36.2 Å². The van der Waals surface area contributed by atoms with Crippen molar-refractivity contribution < 1.29 is 9.18 Å². The maximum Gasteiger partial charge on any atom is 0.223 e. The number of carbonyl (C=O) groups excluding carboxylic acids is 1. The third kappa shape index (κ3) is 2.76. The van der Waals surface area contributed by atoms with Gasteiger partial charge in [0, 0.05) is 24.5 Å². The molecule has 1 fully saturated rings. The predicted octanol–water partition coefficient (Wildman–Crippen LogP) is 1.79. The number of nitrogens with zero attached hydrogens (tertiary/aromatic N) is 1. The molecule has 2 N–H and O–H groups in total. The summed E-state index contributed by atoms with van der Waals surface area (Å²) in [5, 5.41) is 0.482. The van der Waals surface area contributed by atoms with Gasteiger partial charge in [0.1, 0.15) is 5.82 Å². The minimum Gasteiger partial charge on any atom is -0.338 e. The Labute approximate surface area is 104 Å². The fraction of sp³-hybridized carbons (Fsp3) is 0.417. The maximum atomic E-state index is 13.1. The Morgan fingerprint density at radius 2 is 2.29 bits per heavy atom. The molecule has 1 saturated heterocycles. The Kier molecular flexibility index (Phi) is 3.64. The SMILES string of the molecule is NCC1CC(=O)N(Cc2cc(F)ccc2Cl)C1. The summed E-state index contributed by atoms with van der Waals surface area (Å²) in [7, 11) is 0. The molecule has 0 spiro atoms. The zero-order valence-electron chi connectivity index (χ0n) is 9.33. The monoisotopic (exact) mass is 256 g/mol. The molecule has 1 aromatic rings. The van der Waals surface area contributed by atoms with Crippen molar-refractivity contribution in [3.63, 3.8) is 0 Å². The van der Waals surface area contributed by atoms with Crippen molar-refractivity contribution in [1.82, 2.24) is 4.90 Å². The average Bonchev–Trinajstić information content (AvgIpc) is 2.65. The number of hydrogen-bond acceptors (Lipinski definition) is 2. The molecule has 1 aliphatic rings. The van der Waals surface area contributed by atoms with Crippen molar-refractivity contribution in [1.29, 1.82) is 0 Å². The highest BCUT2D eigenvalue weighted by atomic mass is 35.5. The smallest absolute Gasteiger partial charge is 0.223 e. The Morgan fingerprint density at radius 1 is 1.53 bits per heavy atom. The summed E-state index contributed by atoms with van der Waals surface area (Å²) in [4.78, 5) is 13.4. The molecule has 1 aromatic carbocycles. The van der Waals surface area contributed by atoms with Crippen LogP contribution in [0, 0.1) is 11.7 Å². The van der Waals surface area contributed by atoms with E-state index in [0.717, 1.165) is 0 Å². The number of rotatable bonds is 3. The fourth-order valence-corrected chi connectivity index (χ4v) is 2.21. The summed E-state index contributed by atoms with van der Waals surface area (Å²) in [6.45, 7) is 1.48. The molecule has 1 amide bonds.